The quantitative estimate of drug-likeness (QED) is 0.422. The molecule has 0 amide bonds. The van der Waals surface area contributed by atoms with Gasteiger partial charge in [0.2, 0.25) is 0 Å². The number of nitrogens with zero attached hydrogens (tertiary/aromatic N) is 4. The van der Waals surface area contributed by atoms with Crippen LogP contribution in [0.3, 0.4) is 0 Å². The molecule has 28 heavy (non-hydrogen) atoms. The van der Waals surface area contributed by atoms with Gasteiger partial charge in [-0.05, 0) is 60.5 Å². The van der Waals surface area contributed by atoms with Gasteiger partial charge in [-0.25, -0.2) is 4.98 Å². The number of fused-ring (bicyclic) bond motifs is 2. The average Bonchev–Trinajstić information content (AvgIpc) is 3.10. The Hall–Kier alpha value is -3.97. The first-order valence-corrected chi connectivity index (χ1v) is 9.07. The molecule has 0 fully saturated rings. The van der Waals surface area contributed by atoms with Crippen LogP contribution in [-0.4, -0.2) is 14.5 Å². The standard InChI is InChI=1S/C24H16N4/c1-16-15-28(20-8-6-17(13-25)7-9-20)24-23(16)21(10-11-26-24)19-12-18-4-2-3-5-22(18)27-14-19/h2-12,14-15H,1H3. The maximum Gasteiger partial charge on any atom is 0.145 e. The van der Waals surface area contributed by atoms with Crippen LogP contribution >= 0.6 is 0 Å². The molecule has 0 atom stereocenters. The molecule has 0 radical (unpaired) electrons. The summed E-state index contributed by atoms with van der Waals surface area (Å²) in [7, 11) is 0. The monoisotopic (exact) mass is 360 g/mol. The minimum atomic E-state index is 0.646. The third-order valence-electron chi connectivity index (χ3n) is 5.05. The van der Waals surface area contributed by atoms with Crippen LogP contribution < -0.4 is 0 Å². The Morgan fingerprint density at radius 1 is 0.964 bits per heavy atom. The van der Waals surface area contributed by atoms with Crippen LogP contribution in [0.15, 0.2) is 79.3 Å². The van der Waals surface area contributed by atoms with Crippen molar-refractivity contribution in [2.45, 2.75) is 6.92 Å². The molecule has 0 bridgehead atoms. The minimum Gasteiger partial charge on any atom is -0.301 e. The maximum atomic E-state index is 9.04. The molecule has 0 saturated carbocycles. The van der Waals surface area contributed by atoms with E-state index in [4.69, 9.17) is 5.26 Å². The number of rotatable bonds is 2. The summed E-state index contributed by atoms with van der Waals surface area (Å²) in [6.45, 7) is 2.10. The van der Waals surface area contributed by atoms with E-state index in [0.717, 1.165) is 44.3 Å². The van der Waals surface area contributed by atoms with Crippen molar-refractivity contribution in [3.05, 3.63) is 90.4 Å². The summed E-state index contributed by atoms with van der Waals surface area (Å²) in [5.74, 6) is 0. The fraction of sp³-hybridized carbons (Fsp3) is 0.0417. The van der Waals surface area contributed by atoms with Crippen LogP contribution in [0.1, 0.15) is 11.1 Å². The van der Waals surface area contributed by atoms with Gasteiger partial charge in [0.15, 0.2) is 0 Å². The fourth-order valence-electron chi connectivity index (χ4n) is 3.69. The van der Waals surface area contributed by atoms with Gasteiger partial charge >= 0.3 is 0 Å². The summed E-state index contributed by atoms with van der Waals surface area (Å²) in [6, 6.07) is 22.1. The highest BCUT2D eigenvalue weighted by atomic mass is 15.0. The van der Waals surface area contributed by atoms with Gasteiger partial charge in [0, 0.05) is 40.6 Å². The number of aromatic nitrogens is 3. The van der Waals surface area contributed by atoms with Crippen molar-refractivity contribution in [3.8, 4) is 22.9 Å². The molecule has 0 saturated heterocycles. The molecule has 4 heteroatoms. The third kappa shape index (κ3) is 2.53. The molecule has 0 aliphatic carbocycles. The Kier molecular flexibility index (Phi) is 3.67. The summed E-state index contributed by atoms with van der Waals surface area (Å²) in [6.07, 6.45) is 5.86. The van der Waals surface area contributed by atoms with E-state index in [9.17, 15) is 0 Å². The van der Waals surface area contributed by atoms with Crippen LogP contribution in [-0.2, 0) is 0 Å². The summed E-state index contributed by atoms with van der Waals surface area (Å²) in [4.78, 5) is 9.27. The zero-order valence-electron chi connectivity index (χ0n) is 15.3. The van der Waals surface area contributed by atoms with Crippen molar-refractivity contribution in [3.63, 3.8) is 0 Å². The summed E-state index contributed by atoms with van der Waals surface area (Å²) in [5.41, 5.74) is 6.86. The predicted octanol–water partition coefficient (Wildman–Crippen LogP) is 5.42. The van der Waals surface area contributed by atoms with E-state index < -0.39 is 0 Å². The van der Waals surface area contributed by atoms with Gasteiger partial charge in [-0.2, -0.15) is 5.26 Å². The van der Waals surface area contributed by atoms with Crippen LogP contribution in [0.5, 0.6) is 0 Å². The third-order valence-corrected chi connectivity index (χ3v) is 5.05. The fourth-order valence-corrected chi connectivity index (χ4v) is 3.69. The van der Waals surface area contributed by atoms with E-state index >= 15 is 0 Å². The topological polar surface area (TPSA) is 54.5 Å². The highest BCUT2D eigenvalue weighted by Gasteiger charge is 2.14. The van der Waals surface area contributed by atoms with Crippen LogP contribution in [0.4, 0.5) is 0 Å². The largest absolute Gasteiger partial charge is 0.301 e. The van der Waals surface area contributed by atoms with E-state index in [-0.39, 0.29) is 0 Å². The summed E-state index contributed by atoms with van der Waals surface area (Å²) < 4.78 is 2.07. The average molecular weight is 360 g/mol. The summed E-state index contributed by atoms with van der Waals surface area (Å²) in [5, 5.41) is 11.3. The van der Waals surface area contributed by atoms with Gasteiger partial charge < -0.3 is 4.57 Å². The lowest BCUT2D eigenvalue weighted by Gasteiger charge is -2.08. The molecular formula is C24H16N4. The van der Waals surface area contributed by atoms with Crippen LogP contribution in [0, 0.1) is 18.3 Å². The van der Waals surface area contributed by atoms with Crippen molar-refractivity contribution in [1.82, 2.24) is 14.5 Å². The first kappa shape index (κ1) is 16.2. The highest BCUT2D eigenvalue weighted by molar-refractivity contribution is 5.98. The van der Waals surface area contributed by atoms with E-state index in [1.807, 2.05) is 60.9 Å². The van der Waals surface area contributed by atoms with Crippen LogP contribution in [0.2, 0.25) is 0 Å². The molecule has 3 heterocycles. The minimum absolute atomic E-state index is 0.646. The van der Waals surface area contributed by atoms with Crippen molar-refractivity contribution < 1.29 is 0 Å². The van der Waals surface area contributed by atoms with Gasteiger partial charge in [-0.15, -0.1) is 0 Å². The number of pyridine rings is 2. The van der Waals surface area contributed by atoms with Gasteiger partial charge in [0.25, 0.3) is 0 Å². The first-order chi connectivity index (χ1) is 13.7. The Bertz CT molecular complexity index is 1370. The van der Waals surface area contributed by atoms with Crippen LogP contribution in [0.25, 0.3) is 38.8 Å². The zero-order chi connectivity index (χ0) is 19.1. The molecule has 5 aromatic rings. The number of aryl methyl sites for hydroxylation is 1. The van der Waals surface area contributed by atoms with Gasteiger partial charge in [0.05, 0.1) is 17.1 Å². The molecule has 0 aliphatic heterocycles. The first-order valence-electron chi connectivity index (χ1n) is 9.07. The Morgan fingerprint density at radius 3 is 2.61 bits per heavy atom. The highest BCUT2D eigenvalue weighted by Crippen LogP contribution is 2.33. The maximum absolute atomic E-state index is 9.04. The number of para-hydroxylation sites is 1. The summed E-state index contributed by atoms with van der Waals surface area (Å²) >= 11 is 0. The van der Waals surface area contributed by atoms with Crippen molar-refractivity contribution in [2.24, 2.45) is 0 Å². The Labute approximate surface area is 162 Å². The molecule has 0 N–H and O–H groups in total. The lowest BCUT2D eigenvalue weighted by Crippen LogP contribution is -1.94. The van der Waals surface area contributed by atoms with Crippen molar-refractivity contribution in [2.75, 3.05) is 0 Å². The van der Waals surface area contributed by atoms with E-state index in [1.54, 1.807) is 0 Å². The van der Waals surface area contributed by atoms with Gasteiger partial charge in [0.1, 0.15) is 5.65 Å². The van der Waals surface area contributed by atoms with Gasteiger partial charge in [-0.3, -0.25) is 4.98 Å². The molecule has 132 valence electrons. The predicted molar refractivity (Wildman–Crippen MR) is 111 cm³/mol. The molecule has 0 aliphatic rings. The number of hydrogen-bond acceptors (Lipinski definition) is 3. The molecular weight excluding hydrogens is 344 g/mol. The molecule has 0 spiro atoms. The molecule has 5 rings (SSSR count). The molecule has 2 aromatic carbocycles. The van der Waals surface area contributed by atoms with E-state index in [2.05, 4.69) is 45.9 Å². The molecule has 3 aromatic heterocycles. The molecule has 4 nitrogen and oxygen atoms in total. The number of hydrogen-bond donors (Lipinski definition) is 0. The second kappa shape index (κ2) is 6.33. The second-order valence-corrected chi connectivity index (χ2v) is 6.81. The van der Waals surface area contributed by atoms with Crippen molar-refractivity contribution >= 4 is 21.9 Å². The van der Waals surface area contributed by atoms with Crippen molar-refractivity contribution in [1.29, 1.82) is 5.26 Å². The number of benzene rings is 2. The lowest BCUT2D eigenvalue weighted by atomic mass is 10.0. The lowest BCUT2D eigenvalue weighted by molar-refractivity contribution is 1.09. The number of nitriles is 1. The zero-order valence-corrected chi connectivity index (χ0v) is 15.3. The SMILES string of the molecule is Cc1cn(-c2ccc(C#N)cc2)c2nccc(-c3cnc4ccccc4c3)c12. The smallest absolute Gasteiger partial charge is 0.145 e. The van der Waals surface area contributed by atoms with E-state index in [0.29, 0.717) is 5.56 Å². The Balaban J connectivity index is 1.72. The van der Waals surface area contributed by atoms with E-state index in [1.165, 1.54) is 0 Å². The molecule has 0 unspecified atom stereocenters. The normalized spacial score (nSPS) is 11.0. The second-order valence-electron chi connectivity index (χ2n) is 6.81. The Morgan fingerprint density at radius 2 is 1.79 bits per heavy atom. The van der Waals surface area contributed by atoms with Gasteiger partial charge in [-0.1, -0.05) is 18.2 Å².